The quantitative estimate of drug-likeness (QED) is 0.203. The highest BCUT2D eigenvalue weighted by Gasteiger charge is 2.29. The minimum Gasteiger partial charge on any atom is -0.338 e. The van der Waals surface area contributed by atoms with Gasteiger partial charge in [-0.2, -0.15) is 0 Å². The predicted octanol–water partition coefficient (Wildman–Crippen LogP) is 8.48. The Morgan fingerprint density at radius 1 is 1.10 bits per heavy atom. The van der Waals surface area contributed by atoms with Gasteiger partial charge >= 0.3 is 0 Å². The van der Waals surface area contributed by atoms with E-state index in [1.54, 1.807) is 0 Å². The van der Waals surface area contributed by atoms with Crippen LogP contribution >= 0.6 is 22.9 Å². The van der Waals surface area contributed by atoms with Gasteiger partial charge < -0.3 is 4.90 Å². The number of amides is 1. The van der Waals surface area contributed by atoms with Crippen LogP contribution in [0.4, 0.5) is 0 Å². The standard InChI is InChI=1S/C35H40ClN3O2S/c1-6-24-11-8-12-25(7-2)32(24)39-31(18-22(3)4)28(34(40)38-17-9-10-23(5)20-38)19-29(35(39)41)33-37-30(21-42-33)26-13-15-27(36)16-14-26/h8,11-16,19,21-23H,6-7,9-10,17-18,20H2,1-5H3/t23-/m1/s1. The van der Waals surface area contributed by atoms with Crippen LogP contribution in [0, 0.1) is 11.8 Å². The minimum absolute atomic E-state index is 0.00806. The molecule has 0 bridgehead atoms. The molecule has 42 heavy (non-hydrogen) atoms. The number of rotatable bonds is 8. The first-order chi connectivity index (χ1) is 20.2. The number of carbonyl (C=O) groups excluding carboxylic acids is 1. The van der Waals surface area contributed by atoms with E-state index in [2.05, 4.69) is 52.8 Å². The van der Waals surface area contributed by atoms with Crippen molar-refractivity contribution in [3.05, 3.63) is 91.7 Å². The van der Waals surface area contributed by atoms with Gasteiger partial charge in [-0.15, -0.1) is 11.3 Å². The summed E-state index contributed by atoms with van der Waals surface area (Å²) in [6, 6.07) is 15.7. The summed E-state index contributed by atoms with van der Waals surface area (Å²) in [6.07, 6.45) is 4.31. The zero-order chi connectivity index (χ0) is 30.0. The SMILES string of the molecule is CCc1cccc(CC)c1-n1c(CC(C)C)c(C(=O)N2CCC[C@@H](C)C2)cc(-c2nc(-c3ccc(Cl)cc3)cs2)c1=O. The number of hydrogen-bond acceptors (Lipinski definition) is 4. The van der Waals surface area contributed by atoms with Crippen LogP contribution in [-0.2, 0) is 19.3 Å². The van der Waals surface area contributed by atoms with Gasteiger partial charge in [0.05, 0.1) is 22.5 Å². The zero-order valence-corrected chi connectivity index (χ0v) is 26.8. The van der Waals surface area contributed by atoms with E-state index < -0.39 is 0 Å². The second-order valence-corrected chi connectivity index (χ2v) is 13.1. The smallest absolute Gasteiger partial charge is 0.265 e. The molecule has 2 aromatic heterocycles. The third-order valence-corrected chi connectivity index (χ3v) is 9.27. The molecule has 1 fully saturated rings. The van der Waals surface area contributed by atoms with Crippen LogP contribution in [-0.4, -0.2) is 33.4 Å². The summed E-state index contributed by atoms with van der Waals surface area (Å²) < 4.78 is 1.87. The van der Waals surface area contributed by atoms with Crippen LogP contribution in [0.1, 0.15) is 74.6 Å². The van der Waals surface area contributed by atoms with Crippen molar-refractivity contribution in [2.24, 2.45) is 11.8 Å². The van der Waals surface area contributed by atoms with Gasteiger partial charge in [-0.05, 0) is 73.3 Å². The molecule has 0 saturated carbocycles. The molecule has 5 nitrogen and oxygen atoms in total. The van der Waals surface area contributed by atoms with E-state index in [1.807, 2.05) is 45.2 Å². The fourth-order valence-corrected chi connectivity index (χ4v) is 6.98. The highest BCUT2D eigenvalue weighted by molar-refractivity contribution is 7.13. The number of carbonyl (C=O) groups is 1. The number of para-hydroxylation sites is 1. The van der Waals surface area contributed by atoms with E-state index in [0.717, 1.165) is 72.5 Å². The number of aromatic nitrogens is 2. The molecular formula is C35H40ClN3O2S. The van der Waals surface area contributed by atoms with Crippen molar-refractivity contribution in [3.8, 4) is 27.5 Å². The lowest BCUT2D eigenvalue weighted by Crippen LogP contribution is -2.40. The molecule has 1 aliphatic heterocycles. The summed E-state index contributed by atoms with van der Waals surface area (Å²) >= 11 is 7.55. The molecule has 0 unspecified atom stereocenters. The van der Waals surface area contributed by atoms with Crippen LogP contribution < -0.4 is 5.56 Å². The van der Waals surface area contributed by atoms with E-state index in [1.165, 1.54) is 11.3 Å². The summed E-state index contributed by atoms with van der Waals surface area (Å²) in [5.41, 5.74) is 6.59. The van der Waals surface area contributed by atoms with Gasteiger partial charge in [0, 0.05) is 34.7 Å². The molecular weight excluding hydrogens is 562 g/mol. The fraction of sp³-hybridized carbons (Fsp3) is 0.400. The minimum atomic E-state index is -0.123. The maximum Gasteiger partial charge on any atom is 0.265 e. The zero-order valence-electron chi connectivity index (χ0n) is 25.2. The van der Waals surface area contributed by atoms with Gasteiger partial charge in [0.25, 0.3) is 11.5 Å². The van der Waals surface area contributed by atoms with Crippen molar-refractivity contribution < 1.29 is 4.79 Å². The molecule has 1 atom stereocenters. The third-order valence-electron chi connectivity index (χ3n) is 8.14. The number of pyridine rings is 1. The highest BCUT2D eigenvalue weighted by atomic mass is 35.5. The Labute approximate surface area is 258 Å². The van der Waals surface area contributed by atoms with Crippen LogP contribution in [0.2, 0.25) is 5.02 Å². The van der Waals surface area contributed by atoms with Crippen molar-refractivity contribution in [3.63, 3.8) is 0 Å². The molecule has 220 valence electrons. The van der Waals surface area contributed by atoms with Crippen molar-refractivity contribution in [2.75, 3.05) is 13.1 Å². The molecule has 0 radical (unpaired) electrons. The highest BCUT2D eigenvalue weighted by Crippen LogP contribution is 2.32. The van der Waals surface area contributed by atoms with Crippen molar-refractivity contribution >= 4 is 28.8 Å². The Balaban J connectivity index is 1.79. The molecule has 0 N–H and O–H groups in total. The van der Waals surface area contributed by atoms with Gasteiger partial charge in [0.2, 0.25) is 0 Å². The molecule has 0 aliphatic carbocycles. The molecule has 1 amide bonds. The number of nitrogens with zero attached hydrogens (tertiary/aromatic N) is 3. The Kier molecular flexibility index (Phi) is 9.34. The lowest BCUT2D eigenvalue weighted by atomic mass is 9.95. The van der Waals surface area contributed by atoms with Crippen molar-refractivity contribution in [1.82, 2.24) is 14.5 Å². The predicted molar refractivity (Wildman–Crippen MR) is 175 cm³/mol. The van der Waals surface area contributed by atoms with E-state index in [0.29, 0.717) is 33.5 Å². The number of halogens is 1. The van der Waals surface area contributed by atoms with Crippen molar-refractivity contribution in [1.29, 1.82) is 0 Å². The number of likely N-dealkylation sites (tertiary alicyclic amines) is 1. The van der Waals surface area contributed by atoms with Crippen molar-refractivity contribution in [2.45, 2.75) is 66.7 Å². The lowest BCUT2D eigenvalue weighted by Gasteiger charge is -2.32. The average Bonchev–Trinajstić information content (AvgIpc) is 3.47. The summed E-state index contributed by atoms with van der Waals surface area (Å²) in [4.78, 5) is 36.0. The Morgan fingerprint density at radius 3 is 2.40 bits per heavy atom. The summed E-state index contributed by atoms with van der Waals surface area (Å²) in [5, 5.41) is 3.24. The third kappa shape index (κ3) is 6.11. The van der Waals surface area contributed by atoms with Crippen LogP contribution in [0.15, 0.2) is 58.7 Å². The maximum atomic E-state index is 14.7. The van der Waals surface area contributed by atoms with Gasteiger partial charge in [0.1, 0.15) is 5.01 Å². The maximum absolute atomic E-state index is 14.7. The Bertz CT molecular complexity index is 1610. The Hall–Kier alpha value is -3.22. The monoisotopic (exact) mass is 601 g/mol. The molecule has 5 rings (SSSR count). The molecule has 0 spiro atoms. The molecule has 1 saturated heterocycles. The van der Waals surface area contributed by atoms with Crippen LogP contribution in [0.5, 0.6) is 0 Å². The molecule has 2 aromatic carbocycles. The lowest BCUT2D eigenvalue weighted by molar-refractivity contribution is 0.0681. The topological polar surface area (TPSA) is 55.2 Å². The molecule has 3 heterocycles. The van der Waals surface area contributed by atoms with Crippen LogP contribution in [0.3, 0.4) is 0 Å². The normalized spacial score (nSPS) is 15.4. The second-order valence-electron chi connectivity index (χ2n) is 11.8. The second kappa shape index (κ2) is 13.0. The van der Waals surface area contributed by atoms with E-state index in [4.69, 9.17) is 16.6 Å². The largest absolute Gasteiger partial charge is 0.338 e. The van der Waals surface area contributed by atoms with Gasteiger partial charge in [-0.25, -0.2) is 4.98 Å². The first kappa shape index (κ1) is 30.2. The van der Waals surface area contributed by atoms with Gasteiger partial charge in [0.15, 0.2) is 0 Å². The summed E-state index contributed by atoms with van der Waals surface area (Å²) in [6.45, 7) is 12.2. The van der Waals surface area contributed by atoms with E-state index in [-0.39, 0.29) is 17.4 Å². The van der Waals surface area contributed by atoms with E-state index in [9.17, 15) is 9.59 Å². The van der Waals surface area contributed by atoms with Gasteiger partial charge in [-0.3, -0.25) is 14.2 Å². The first-order valence-electron chi connectivity index (χ1n) is 15.1. The number of piperidine rings is 1. The van der Waals surface area contributed by atoms with Crippen LogP contribution in [0.25, 0.3) is 27.5 Å². The molecule has 7 heteroatoms. The molecule has 4 aromatic rings. The number of benzene rings is 2. The summed E-state index contributed by atoms with van der Waals surface area (Å²) in [5.74, 6) is 0.715. The summed E-state index contributed by atoms with van der Waals surface area (Å²) in [7, 11) is 0. The van der Waals surface area contributed by atoms with Gasteiger partial charge in [-0.1, -0.05) is 76.6 Å². The number of hydrogen-bond donors (Lipinski definition) is 0. The van der Waals surface area contributed by atoms with E-state index >= 15 is 0 Å². The molecule has 1 aliphatic rings. The Morgan fingerprint density at radius 2 is 1.79 bits per heavy atom. The number of aryl methyl sites for hydroxylation is 2. The number of thiazole rings is 1. The fourth-order valence-electron chi connectivity index (χ4n) is 6.01. The average molecular weight is 602 g/mol. The first-order valence-corrected chi connectivity index (χ1v) is 16.4.